The number of rotatable bonds is 5. The molecule has 140 valence electrons. The van der Waals surface area contributed by atoms with Gasteiger partial charge in [0.15, 0.2) is 0 Å². The smallest absolute Gasteiger partial charge is 0.133 e. The van der Waals surface area contributed by atoms with Gasteiger partial charge in [0.2, 0.25) is 0 Å². The van der Waals surface area contributed by atoms with Crippen LogP contribution in [-0.2, 0) is 11.8 Å². The van der Waals surface area contributed by atoms with Gasteiger partial charge in [-0.3, -0.25) is 0 Å². The van der Waals surface area contributed by atoms with Crippen molar-refractivity contribution in [1.29, 1.82) is 0 Å². The van der Waals surface area contributed by atoms with Crippen LogP contribution in [0.1, 0.15) is 64.4 Å². The normalized spacial score (nSPS) is 30.9. The van der Waals surface area contributed by atoms with Crippen LogP contribution >= 0.6 is 0 Å². The van der Waals surface area contributed by atoms with Crippen molar-refractivity contribution in [1.82, 2.24) is 15.3 Å². The summed E-state index contributed by atoms with van der Waals surface area (Å²) in [6, 6.07) is 2.79. The molecule has 0 aliphatic heterocycles. The van der Waals surface area contributed by atoms with Gasteiger partial charge in [-0.05, 0) is 37.7 Å². The van der Waals surface area contributed by atoms with Crippen LogP contribution < -0.4 is 5.32 Å². The third-order valence-corrected chi connectivity index (χ3v) is 5.90. The lowest BCUT2D eigenvalue weighted by Crippen LogP contribution is -2.41. The molecule has 1 aromatic heterocycles. The fourth-order valence-corrected chi connectivity index (χ4v) is 4.44. The summed E-state index contributed by atoms with van der Waals surface area (Å²) in [7, 11) is 0. The Kier molecular flexibility index (Phi) is 5.76. The summed E-state index contributed by atoms with van der Waals surface area (Å²) in [5, 5.41) is 24.0. The van der Waals surface area contributed by atoms with E-state index in [2.05, 4.69) is 31.1 Å². The maximum absolute atomic E-state index is 10.4. The Bertz CT molecular complexity index is 566. The first-order valence-electron chi connectivity index (χ1n) is 9.76. The Hall–Kier alpha value is -1.04. The van der Waals surface area contributed by atoms with E-state index in [4.69, 9.17) is 4.98 Å². The molecule has 3 N–H and O–H groups in total. The predicted octanol–water partition coefficient (Wildman–Crippen LogP) is 2.21. The average Bonchev–Trinajstić information content (AvgIpc) is 3.16. The van der Waals surface area contributed by atoms with Crippen LogP contribution in [0.15, 0.2) is 12.3 Å². The number of hydrogen-bond acceptors (Lipinski definition) is 5. The SMILES string of the molecule is CC(C)(C)c1nccc(C[C@@H]2[C@@H](CO)[C@H](O)C[C@H]2NC2CCCC2)n1. The first-order valence-corrected chi connectivity index (χ1v) is 9.76. The van der Waals surface area contributed by atoms with Crippen LogP contribution in [0, 0.1) is 11.8 Å². The Labute approximate surface area is 151 Å². The van der Waals surface area contributed by atoms with Gasteiger partial charge in [0.05, 0.1) is 6.10 Å². The number of aliphatic hydroxyl groups excluding tert-OH is 2. The van der Waals surface area contributed by atoms with Gasteiger partial charge in [-0.25, -0.2) is 9.97 Å². The monoisotopic (exact) mass is 347 g/mol. The van der Waals surface area contributed by atoms with Gasteiger partial charge in [-0.1, -0.05) is 33.6 Å². The first kappa shape index (κ1) is 18.7. The quantitative estimate of drug-likeness (QED) is 0.761. The van der Waals surface area contributed by atoms with Gasteiger partial charge in [0.1, 0.15) is 5.82 Å². The number of aromatic nitrogens is 2. The van der Waals surface area contributed by atoms with Crippen LogP contribution in [0.25, 0.3) is 0 Å². The molecular weight excluding hydrogens is 314 g/mol. The molecule has 2 aliphatic rings. The summed E-state index contributed by atoms with van der Waals surface area (Å²) in [6.07, 6.45) is 7.95. The zero-order valence-electron chi connectivity index (χ0n) is 15.8. The lowest BCUT2D eigenvalue weighted by molar-refractivity contribution is 0.0715. The third-order valence-electron chi connectivity index (χ3n) is 5.90. The molecule has 25 heavy (non-hydrogen) atoms. The molecule has 2 fully saturated rings. The minimum atomic E-state index is -0.433. The van der Waals surface area contributed by atoms with Crippen molar-refractivity contribution >= 4 is 0 Å². The van der Waals surface area contributed by atoms with Crippen LogP contribution in [0.3, 0.4) is 0 Å². The van der Waals surface area contributed by atoms with Gasteiger partial charge in [0.25, 0.3) is 0 Å². The molecule has 0 amide bonds. The maximum atomic E-state index is 10.4. The molecule has 5 nitrogen and oxygen atoms in total. The highest BCUT2D eigenvalue weighted by Crippen LogP contribution is 2.36. The van der Waals surface area contributed by atoms with E-state index in [1.807, 2.05) is 12.3 Å². The highest BCUT2D eigenvalue weighted by molar-refractivity contribution is 5.11. The van der Waals surface area contributed by atoms with E-state index in [0.29, 0.717) is 6.04 Å². The second kappa shape index (κ2) is 7.68. The largest absolute Gasteiger partial charge is 0.396 e. The summed E-state index contributed by atoms with van der Waals surface area (Å²) in [5.41, 5.74) is 0.930. The van der Waals surface area contributed by atoms with Crippen molar-refractivity contribution in [3.63, 3.8) is 0 Å². The molecule has 0 bridgehead atoms. The standard InChI is InChI=1S/C20H33N3O2/c1-20(2,3)19-21-9-8-14(23-19)10-15-16(12-24)18(25)11-17(15)22-13-6-4-5-7-13/h8-9,13,15-18,22,24-25H,4-7,10-12H2,1-3H3/t15-,16-,17-,18-/m1/s1. The lowest BCUT2D eigenvalue weighted by Gasteiger charge is -2.27. The van der Waals surface area contributed by atoms with Gasteiger partial charge in [-0.2, -0.15) is 0 Å². The van der Waals surface area contributed by atoms with Crippen LogP contribution in [0.5, 0.6) is 0 Å². The van der Waals surface area contributed by atoms with Crippen molar-refractivity contribution in [3.8, 4) is 0 Å². The van der Waals surface area contributed by atoms with Gasteiger partial charge >= 0.3 is 0 Å². The van der Waals surface area contributed by atoms with Crippen molar-refractivity contribution in [3.05, 3.63) is 23.8 Å². The van der Waals surface area contributed by atoms with Crippen LogP contribution in [0.2, 0.25) is 0 Å². The summed E-state index contributed by atoms with van der Waals surface area (Å²) < 4.78 is 0. The van der Waals surface area contributed by atoms with Gasteiger partial charge < -0.3 is 15.5 Å². The molecule has 1 heterocycles. The van der Waals surface area contributed by atoms with Gasteiger partial charge in [0, 0.05) is 41.9 Å². The van der Waals surface area contributed by atoms with E-state index in [1.165, 1.54) is 25.7 Å². The Balaban J connectivity index is 1.76. The number of nitrogens with one attached hydrogen (secondary N) is 1. The molecule has 0 radical (unpaired) electrons. The summed E-state index contributed by atoms with van der Waals surface area (Å²) in [5.74, 6) is 0.986. The fraction of sp³-hybridized carbons (Fsp3) is 0.800. The molecule has 1 aromatic rings. The van der Waals surface area contributed by atoms with E-state index in [0.717, 1.165) is 24.4 Å². The Morgan fingerprint density at radius 2 is 1.92 bits per heavy atom. The first-order chi connectivity index (χ1) is 11.9. The summed E-state index contributed by atoms with van der Waals surface area (Å²) in [6.45, 7) is 6.39. The third kappa shape index (κ3) is 4.39. The number of nitrogens with zero attached hydrogens (tertiary/aromatic N) is 2. The van der Waals surface area contributed by atoms with Crippen molar-refractivity contribution in [2.45, 2.75) is 82.9 Å². The van der Waals surface area contributed by atoms with Crippen LogP contribution in [-0.4, -0.2) is 45.0 Å². The van der Waals surface area contributed by atoms with E-state index in [1.54, 1.807) is 0 Å². The summed E-state index contributed by atoms with van der Waals surface area (Å²) >= 11 is 0. The van der Waals surface area contributed by atoms with E-state index in [9.17, 15) is 10.2 Å². The molecule has 5 heteroatoms. The molecule has 4 atom stereocenters. The summed E-state index contributed by atoms with van der Waals surface area (Å²) in [4.78, 5) is 9.18. The van der Waals surface area contributed by atoms with Gasteiger partial charge in [-0.15, -0.1) is 0 Å². The van der Waals surface area contributed by atoms with E-state index >= 15 is 0 Å². The van der Waals surface area contributed by atoms with Crippen LogP contribution in [0.4, 0.5) is 0 Å². The average molecular weight is 348 g/mol. The molecule has 2 saturated carbocycles. The fourth-order valence-electron chi connectivity index (χ4n) is 4.44. The van der Waals surface area contributed by atoms with E-state index in [-0.39, 0.29) is 29.9 Å². The lowest BCUT2D eigenvalue weighted by atomic mass is 9.88. The molecule has 0 unspecified atom stereocenters. The number of hydrogen-bond donors (Lipinski definition) is 3. The Morgan fingerprint density at radius 3 is 2.56 bits per heavy atom. The van der Waals surface area contributed by atoms with Crippen molar-refractivity contribution in [2.24, 2.45) is 11.8 Å². The predicted molar refractivity (Wildman–Crippen MR) is 98.3 cm³/mol. The van der Waals surface area contributed by atoms with E-state index < -0.39 is 6.10 Å². The minimum Gasteiger partial charge on any atom is -0.396 e. The second-order valence-electron chi connectivity index (χ2n) is 8.89. The molecular formula is C20H33N3O2. The zero-order valence-corrected chi connectivity index (χ0v) is 15.8. The zero-order chi connectivity index (χ0) is 18.0. The second-order valence-corrected chi connectivity index (χ2v) is 8.89. The molecule has 0 saturated heterocycles. The molecule has 0 aromatic carbocycles. The maximum Gasteiger partial charge on any atom is 0.133 e. The minimum absolute atomic E-state index is 0.0336. The highest BCUT2D eigenvalue weighted by atomic mass is 16.3. The number of aliphatic hydroxyl groups is 2. The molecule has 0 spiro atoms. The van der Waals surface area contributed by atoms with Crippen molar-refractivity contribution < 1.29 is 10.2 Å². The highest BCUT2D eigenvalue weighted by Gasteiger charge is 2.43. The molecule has 3 rings (SSSR count). The molecule has 2 aliphatic carbocycles. The Morgan fingerprint density at radius 1 is 1.20 bits per heavy atom. The van der Waals surface area contributed by atoms with Crippen molar-refractivity contribution in [2.75, 3.05) is 6.61 Å². The topological polar surface area (TPSA) is 78.3 Å².